The number of hydrogen-bond donors (Lipinski definition) is 0. The summed E-state index contributed by atoms with van der Waals surface area (Å²) in [5, 5.41) is 0. The van der Waals surface area contributed by atoms with Crippen molar-refractivity contribution in [2.24, 2.45) is 0 Å². The van der Waals surface area contributed by atoms with Crippen LogP contribution in [0, 0.1) is 0 Å². The molecule has 0 amide bonds. The molecule has 0 atom stereocenters. The fourth-order valence-electron chi connectivity index (χ4n) is 1.21. The highest BCUT2D eigenvalue weighted by Gasteiger charge is 1.94. The molecule has 0 aliphatic carbocycles. The maximum absolute atomic E-state index is 10.4. The highest BCUT2D eigenvalue weighted by molar-refractivity contribution is 5.74. The number of hydrogen-bond acceptors (Lipinski definition) is 2. The molecule has 1 aromatic heterocycles. The molecule has 3 heteroatoms. The quantitative estimate of drug-likeness (QED) is 0.494. The highest BCUT2D eigenvalue weighted by Crippen LogP contribution is 2.00. The Labute approximate surface area is 78.3 Å². The molecule has 0 spiro atoms. The average Bonchev–Trinajstić information content (AvgIpc) is 2.60. The Bertz CT molecular complexity index is 255. The van der Waals surface area contributed by atoms with Gasteiger partial charge in [0.05, 0.1) is 0 Å². The van der Waals surface area contributed by atoms with Crippen LogP contribution in [-0.4, -0.2) is 24.6 Å². The number of methoxy groups -OCH3 is 1. The molecule has 1 rings (SSSR count). The average molecular weight is 181 g/mol. The van der Waals surface area contributed by atoms with Gasteiger partial charge in [-0.2, -0.15) is 0 Å². The highest BCUT2D eigenvalue weighted by atomic mass is 16.5. The molecule has 0 radical (unpaired) electrons. The van der Waals surface area contributed by atoms with E-state index in [-0.39, 0.29) is 0 Å². The zero-order chi connectivity index (χ0) is 9.52. The van der Waals surface area contributed by atoms with Gasteiger partial charge in [-0.05, 0) is 18.9 Å². The molecular weight excluding hydrogens is 166 g/mol. The largest absolute Gasteiger partial charge is 0.385 e. The van der Waals surface area contributed by atoms with E-state index in [4.69, 9.17) is 4.74 Å². The molecule has 3 nitrogen and oxygen atoms in total. The first-order valence-corrected chi connectivity index (χ1v) is 4.46. The van der Waals surface area contributed by atoms with E-state index in [9.17, 15) is 4.79 Å². The molecule has 0 N–H and O–H groups in total. The Morgan fingerprint density at radius 3 is 3.00 bits per heavy atom. The Morgan fingerprint density at radius 2 is 2.38 bits per heavy atom. The lowest BCUT2D eigenvalue weighted by Crippen LogP contribution is -1.96. The van der Waals surface area contributed by atoms with Crippen LogP contribution in [0.15, 0.2) is 18.5 Å². The van der Waals surface area contributed by atoms with Gasteiger partial charge in [-0.3, -0.25) is 4.79 Å². The van der Waals surface area contributed by atoms with E-state index >= 15 is 0 Å². The van der Waals surface area contributed by atoms with Crippen molar-refractivity contribution >= 4 is 6.29 Å². The van der Waals surface area contributed by atoms with E-state index in [2.05, 4.69) is 0 Å². The first-order chi connectivity index (χ1) is 6.36. The van der Waals surface area contributed by atoms with Gasteiger partial charge in [0.1, 0.15) is 0 Å². The summed E-state index contributed by atoms with van der Waals surface area (Å²) in [6.07, 6.45) is 6.80. The lowest BCUT2D eigenvalue weighted by molar-refractivity contribution is 0.112. The van der Waals surface area contributed by atoms with Crippen molar-refractivity contribution < 1.29 is 9.53 Å². The Hall–Kier alpha value is -1.09. The fourth-order valence-corrected chi connectivity index (χ4v) is 1.21. The summed E-state index contributed by atoms with van der Waals surface area (Å²) in [6.45, 7) is 1.76. The summed E-state index contributed by atoms with van der Waals surface area (Å²) in [7, 11) is 1.71. The van der Waals surface area contributed by atoms with Crippen molar-refractivity contribution in [2.75, 3.05) is 13.7 Å². The number of nitrogens with zero attached hydrogens (tertiary/aromatic N) is 1. The van der Waals surface area contributed by atoms with Gasteiger partial charge in [-0.25, -0.2) is 0 Å². The second-order valence-corrected chi connectivity index (χ2v) is 3.00. The van der Waals surface area contributed by atoms with E-state index in [1.165, 1.54) is 0 Å². The van der Waals surface area contributed by atoms with Crippen LogP contribution in [-0.2, 0) is 11.3 Å². The lowest BCUT2D eigenvalue weighted by Gasteiger charge is -2.01. The molecule has 0 unspecified atom stereocenters. The van der Waals surface area contributed by atoms with Gasteiger partial charge in [-0.1, -0.05) is 0 Å². The monoisotopic (exact) mass is 181 g/mol. The third kappa shape index (κ3) is 3.42. The first-order valence-electron chi connectivity index (χ1n) is 4.46. The summed E-state index contributed by atoms with van der Waals surface area (Å²) >= 11 is 0. The minimum Gasteiger partial charge on any atom is -0.385 e. The minimum atomic E-state index is 0.742. The van der Waals surface area contributed by atoms with Crippen LogP contribution >= 0.6 is 0 Å². The van der Waals surface area contributed by atoms with Crippen LogP contribution < -0.4 is 0 Å². The van der Waals surface area contributed by atoms with E-state index in [0.29, 0.717) is 0 Å². The molecule has 0 aromatic carbocycles. The van der Waals surface area contributed by atoms with Gasteiger partial charge >= 0.3 is 0 Å². The van der Waals surface area contributed by atoms with Crippen molar-refractivity contribution in [1.82, 2.24) is 4.57 Å². The van der Waals surface area contributed by atoms with Crippen molar-refractivity contribution in [3.63, 3.8) is 0 Å². The first kappa shape index (κ1) is 9.99. The van der Waals surface area contributed by atoms with Gasteiger partial charge in [0.15, 0.2) is 6.29 Å². The van der Waals surface area contributed by atoms with Crippen LogP contribution in [0.5, 0.6) is 0 Å². The van der Waals surface area contributed by atoms with Crippen LogP contribution in [0.4, 0.5) is 0 Å². The zero-order valence-electron chi connectivity index (χ0n) is 7.90. The second-order valence-electron chi connectivity index (χ2n) is 3.00. The van der Waals surface area contributed by atoms with Gasteiger partial charge < -0.3 is 9.30 Å². The lowest BCUT2D eigenvalue weighted by atomic mass is 10.3. The Balaban J connectivity index is 2.24. The standard InChI is InChI=1S/C10H15NO2/c1-13-7-3-2-5-11-6-4-10(8-11)9-12/h4,6,8-9H,2-3,5,7H2,1H3. The number of carbonyl (C=O) groups excluding carboxylic acids is 1. The number of rotatable bonds is 6. The summed E-state index contributed by atoms with van der Waals surface area (Å²) in [4.78, 5) is 10.4. The third-order valence-electron chi connectivity index (χ3n) is 1.92. The van der Waals surface area contributed by atoms with Gasteiger partial charge in [0.25, 0.3) is 0 Å². The zero-order valence-corrected chi connectivity index (χ0v) is 7.90. The second kappa shape index (κ2) is 5.54. The summed E-state index contributed by atoms with van der Waals surface area (Å²) in [5.41, 5.74) is 0.742. The molecule has 0 saturated carbocycles. The van der Waals surface area contributed by atoms with Crippen LogP contribution in [0.3, 0.4) is 0 Å². The number of unbranched alkanes of at least 4 members (excludes halogenated alkanes) is 1. The maximum Gasteiger partial charge on any atom is 0.151 e. The van der Waals surface area contributed by atoms with Crippen molar-refractivity contribution in [3.8, 4) is 0 Å². The van der Waals surface area contributed by atoms with Crippen LogP contribution in [0.25, 0.3) is 0 Å². The fraction of sp³-hybridized carbons (Fsp3) is 0.500. The number of aryl methyl sites for hydroxylation is 1. The molecule has 1 heterocycles. The van der Waals surface area contributed by atoms with Crippen LogP contribution in [0.2, 0.25) is 0 Å². The van der Waals surface area contributed by atoms with Crippen LogP contribution in [0.1, 0.15) is 23.2 Å². The van der Waals surface area contributed by atoms with Gasteiger partial charge in [-0.15, -0.1) is 0 Å². The molecule has 1 aromatic rings. The molecule has 0 aliphatic heterocycles. The normalized spacial score (nSPS) is 10.2. The molecule has 72 valence electrons. The third-order valence-corrected chi connectivity index (χ3v) is 1.92. The summed E-state index contributed by atoms with van der Waals surface area (Å²) in [5.74, 6) is 0. The molecular formula is C10H15NO2. The number of carbonyl (C=O) groups is 1. The predicted molar refractivity (Wildman–Crippen MR) is 50.9 cm³/mol. The van der Waals surface area contributed by atoms with E-state index in [1.54, 1.807) is 7.11 Å². The maximum atomic E-state index is 10.4. The van der Waals surface area contributed by atoms with E-state index in [1.807, 2.05) is 23.0 Å². The minimum absolute atomic E-state index is 0.742. The summed E-state index contributed by atoms with van der Waals surface area (Å²) < 4.78 is 6.97. The smallest absolute Gasteiger partial charge is 0.151 e. The summed E-state index contributed by atoms with van der Waals surface area (Å²) in [6, 6.07) is 1.82. The van der Waals surface area contributed by atoms with Crippen molar-refractivity contribution in [3.05, 3.63) is 24.0 Å². The molecule has 0 fully saturated rings. The number of aldehydes is 1. The van der Waals surface area contributed by atoms with E-state index < -0.39 is 0 Å². The number of aromatic nitrogens is 1. The Kier molecular flexibility index (Phi) is 4.26. The predicted octanol–water partition coefficient (Wildman–Crippen LogP) is 1.73. The molecule has 0 bridgehead atoms. The molecule has 0 saturated heterocycles. The SMILES string of the molecule is COCCCCn1ccc(C=O)c1. The topological polar surface area (TPSA) is 31.2 Å². The van der Waals surface area contributed by atoms with Gasteiger partial charge in [0.2, 0.25) is 0 Å². The van der Waals surface area contributed by atoms with Gasteiger partial charge in [0, 0.05) is 38.2 Å². The molecule has 0 aliphatic rings. The number of ether oxygens (including phenoxy) is 1. The molecule has 13 heavy (non-hydrogen) atoms. The van der Waals surface area contributed by atoms with E-state index in [0.717, 1.165) is 37.8 Å². The Morgan fingerprint density at radius 1 is 1.54 bits per heavy atom. The van der Waals surface area contributed by atoms with Crippen molar-refractivity contribution in [2.45, 2.75) is 19.4 Å². The van der Waals surface area contributed by atoms with Crippen molar-refractivity contribution in [1.29, 1.82) is 0 Å².